The molecular weight excluding hydrogens is 366 g/mol. The van der Waals surface area contributed by atoms with Crippen molar-refractivity contribution in [2.24, 2.45) is 0 Å². The van der Waals surface area contributed by atoms with Crippen molar-refractivity contribution in [1.29, 1.82) is 5.26 Å². The number of hydrogen-bond acceptors (Lipinski definition) is 6. The van der Waals surface area contributed by atoms with Crippen molar-refractivity contribution >= 4 is 11.7 Å². The SMILES string of the molecule is Cc1cc(C)n(-c2ccc(N3CCN(C(=O)c4ccc(C#N)cc4)CC3)nn2)n1. The zero-order valence-electron chi connectivity index (χ0n) is 16.4. The fourth-order valence-corrected chi connectivity index (χ4v) is 3.47. The first kappa shape index (κ1) is 18.6. The number of aromatic nitrogens is 4. The first-order chi connectivity index (χ1) is 14.0. The fraction of sp³-hybridized carbons (Fsp3) is 0.286. The maximum atomic E-state index is 12.7. The van der Waals surface area contributed by atoms with Gasteiger partial charge >= 0.3 is 0 Å². The Kier molecular flexibility index (Phi) is 4.96. The van der Waals surface area contributed by atoms with Gasteiger partial charge in [-0.1, -0.05) is 0 Å². The third-order valence-electron chi connectivity index (χ3n) is 5.01. The molecule has 29 heavy (non-hydrogen) atoms. The summed E-state index contributed by atoms with van der Waals surface area (Å²) in [5, 5.41) is 22.0. The van der Waals surface area contributed by atoms with Gasteiger partial charge in [0.2, 0.25) is 0 Å². The van der Waals surface area contributed by atoms with Gasteiger partial charge in [0, 0.05) is 37.4 Å². The molecule has 1 amide bonds. The Morgan fingerprint density at radius 3 is 2.17 bits per heavy atom. The Morgan fingerprint density at radius 1 is 0.966 bits per heavy atom. The van der Waals surface area contributed by atoms with Crippen LogP contribution >= 0.6 is 0 Å². The maximum absolute atomic E-state index is 12.7. The molecule has 8 nitrogen and oxygen atoms in total. The number of anilines is 1. The first-order valence-corrected chi connectivity index (χ1v) is 9.47. The van der Waals surface area contributed by atoms with E-state index in [1.807, 2.05) is 36.9 Å². The van der Waals surface area contributed by atoms with Crippen LogP contribution < -0.4 is 4.90 Å². The molecule has 0 unspecified atom stereocenters. The highest BCUT2D eigenvalue weighted by Gasteiger charge is 2.23. The highest BCUT2D eigenvalue weighted by atomic mass is 16.2. The summed E-state index contributed by atoms with van der Waals surface area (Å²) >= 11 is 0. The van der Waals surface area contributed by atoms with Crippen LogP contribution in [0.1, 0.15) is 27.3 Å². The Balaban J connectivity index is 1.39. The zero-order chi connectivity index (χ0) is 20.4. The second-order valence-electron chi connectivity index (χ2n) is 7.06. The molecule has 4 rings (SSSR count). The molecule has 1 saturated heterocycles. The Bertz CT molecular complexity index is 1060. The first-order valence-electron chi connectivity index (χ1n) is 9.47. The molecule has 0 radical (unpaired) electrons. The highest BCUT2D eigenvalue weighted by Crippen LogP contribution is 2.17. The molecule has 1 aromatic carbocycles. The van der Waals surface area contributed by atoms with E-state index in [9.17, 15) is 4.79 Å². The molecule has 0 N–H and O–H groups in total. The monoisotopic (exact) mass is 387 g/mol. The molecule has 1 aliphatic heterocycles. The van der Waals surface area contributed by atoms with Gasteiger partial charge in [0.15, 0.2) is 11.6 Å². The summed E-state index contributed by atoms with van der Waals surface area (Å²) in [7, 11) is 0. The van der Waals surface area contributed by atoms with Gasteiger partial charge in [0.25, 0.3) is 5.91 Å². The zero-order valence-corrected chi connectivity index (χ0v) is 16.4. The van der Waals surface area contributed by atoms with Crippen LogP contribution in [0.25, 0.3) is 5.82 Å². The minimum absolute atomic E-state index is 0.0138. The predicted octanol–water partition coefficient (Wildman–Crippen LogP) is 2.11. The Labute approximate surface area is 169 Å². The number of aryl methyl sites for hydroxylation is 2. The molecule has 8 heteroatoms. The lowest BCUT2D eigenvalue weighted by molar-refractivity contribution is 0.0746. The summed E-state index contributed by atoms with van der Waals surface area (Å²) in [6.07, 6.45) is 0. The van der Waals surface area contributed by atoms with Gasteiger partial charge in [-0.25, -0.2) is 4.68 Å². The van der Waals surface area contributed by atoms with Crippen LogP contribution in [0.2, 0.25) is 0 Å². The normalized spacial score (nSPS) is 14.0. The van der Waals surface area contributed by atoms with E-state index >= 15 is 0 Å². The molecule has 0 atom stereocenters. The van der Waals surface area contributed by atoms with Gasteiger partial charge in [-0.3, -0.25) is 4.79 Å². The van der Waals surface area contributed by atoms with Crippen molar-refractivity contribution < 1.29 is 4.79 Å². The number of rotatable bonds is 3. The predicted molar refractivity (Wildman–Crippen MR) is 108 cm³/mol. The minimum atomic E-state index is -0.0138. The average Bonchev–Trinajstić information content (AvgIpc) is 3.11. The topological polar surface area (TPSA) is 90.9 Å². The van der Waals surface area contributed by atoms with Crippen LogP contribution in [-0.2, 0) is 0 Å². The molecule has 0 saturated carbocycles. The summed E-state index contributed by atoms with van der Waals surface area (Å²) in [6, 6.07) is 14.7. The molecule has 3 heterocycles. The van der Waals surface area contributed by atoms with E-state index in [0.717, 1.165) is 17.2 Å². The van der Waals surface area contributed by atoms with Gasteiger partial charge in [0.05, 0.1) is 17.3 Å². The summed E-state index contributed by atoms with van der Waals surface area (Å²) in [5.74, 6) is 1.47. The Hall–Kier alpha value is -3.73. The fourth-order valence-electron chi connectivity index (χ4n) is 3.47. The lowest BCUT2D eigenvalue weighted by atomic mass is 10.1. The molecule has 0 aliphatic carbocycles. The van der Waals surface area contributed by atoms with Crippen LogP contribution in [0.5, 0.6) is 0 Å². The number of nitriles is 1. The van der Waals surface area contributed by atoms with Crippen LogP contribution in [0.4, 0.5) is 5.82 Å². The van der Waals surface area contributed by atoms with Crippen LogP contribution in [0.3, 0.4) is 0 Å². The van der Waals surface area contributed by atoms with Gasteiger partial charge < -0.3 is 9.80 Å². The average molecular weight is 387 g/mol. The minimum Gasteiger partial charge on any atom is -0.352 e. The lowest BCUT2D eigenvalue weighted by Gasteiger charge is -2.35. The quantitative estimate of drug-likeness (QED) is 0.684. The second kappa shape index (κ2) is 7.72. The molecule has 2 aromatic heterocycles. The third-order valence-corrected chi connectivity index (χ3v) is 5.01. The lowest BCUT2D eigenvalue weighted by Crippen LogP contribution is -2.49. The van der Waals surface area contributed by atoms with Crippen LogP contribution in [0, 0.1) is 25.2 Å². The number of carbonyl (C=O) groups is 1. The van der Waals surface area contributed by atoms with Gasteiger partial charge in [0.1, 0.15) is 0 Å². The summed E-state index contributed by atoms with van der Waals surface area (Å²) in [6.45, 7) is 6.54. The van der Waals surface area contributed by atoms with E-state index in [2.05, 4.69) is 26.3 Å². The second-order valence-corrected chi connectivity index (χ2v) is 7.06. The molecule has 3 aromatic rings. The van der Waals surface area contributed by atoms with Crippen molar-refractivity contribution in [3.8, 4) is 11.9 Å². The van der Waals surface area contributed by atoms with Gasteiger partial charge in [-0.15, -0.1) is 10.2 Å². The van der Waals surface area contributed by atoms with E-state index in [4.69, 9.17) is 5.26 Å². The van der Waals surface area contributed by atoms with Crippen LogP contribution in [0.15, 0.2) is 42.5 Å². The summed E-state index contributed by atoms with van der Waals surface area (Å²) < 4.78 is 1.78. The number of carbonyl (C=O) groups excluding carboxylic acids is 1. The van der Waals surface area contributed by atoms with Crippen molar-refractivity contribution in [2.45, 2.75) is 13.8 Å². The number of amides is 1. The molecule has 1 aliphatic rings. The number of piperazine rings is 1. The third kappa shape index (κ3) is 3.80. The van der Waals surface area contributed by atoms with Crippen molar-refractivity contribution in [1.82, 2.24) is 24.9 Å². The highest BCUT2D eigenvalue weighted by molar-refractivity contribution is 5.94. The van der Waals surface area contributed by atoms with Crippen molar-refractivity contribution in [2.75, 3.05) is 31.1 Å². The van der Waals surface area contributed by atoms with Crippen LogP contribution in [-0.4, -0.2) is 57.0 Å². The number of benzene rings is 1. The van der Waals surface area contributed by atoms with Crippen molar-refractivity contribution in [3.63, 3.8) is 0 Å². The van der Waals surface area contributed by atoms with Crippen molar-refractivity contribution in [3.05, 3.63) is 65.0 Å². The standard InChI is InChI=1S/C21H21N7O/c1-15-13-16(2)28(25-15)20-8-7-19(23-24-20)26-9-11-27(12-10-26)21(29)18-5-3-17(14-22)4-6-18/h3-8,13H,9-12H2,1-2H3. The van der Waals surface area contributed by atoms with E-state index < -0.39 is 0 Å². The number of hydrogen-bond donors (Lipinski definition) is 0. The largest absolute Gasteiger partial charge is 0.352 e. The van der Waals surface area contributed by atoms with Gasteiger partial charge in [-0.2, -0.15) is 10.4 Å². The molecule has 146 valence electrons. The summed E-state index contributed by atoms with van der Waals surface area (Å²) in [5.41, 5.74) is 3.11. The smallest absolute Gasteiger partial charge is 0.253 e. The molecule has 0 bridgehead atoms. The number of nitrogens with zero attached hydrogens (tertiary/aromatic N) is 7. The molecule has 1 fully saturated rings. The van der Waals surface area contributed by atoms with E-state index in [0.29, 0.717) is 43.1 Å². The maximum Gasteiger partial charge on any atom is 0.253 e. The summed E-state index contributed by atoms with van der Waals surface area (Å²) in [4.78, 5) is 16.6. The van der Waals surface area contributed by atoms with E-state index in [-0.39, 0.29) is 5.91 Å². The Morgan fingerprint density at radius 2 is 1.62 bits per heavy atom. The molecular formula is C21H21N7O. The van der Waals surface area contributed by atoms with Gasteiger partial charge in [-0.05, 0) is 56.3 Å². The van der Waals surface area contributed by atoms with E-state index in [1.165, 1.54) is 0 Å². The molecule has 0 spiro atoms. The van der Waals surface area contributed by atoms with E-state index in [1.54, 1.807) is 28.9 Å².